The van der Waals surface area contributed by atoms with Gasteiger partial charge in [0.25, 0.3) is 0 Å². The van der Waals surface area contributed by atoms with E-state index in [2.05, 4.69) is 66.9 Å². The number of rotatable bonds is 4. The average molecular weight is 386 g/mol. The first kappa shape index (κ1) is 17.2. The van der Waals surface area contributed by atoms with Crippen LogP contribution in [-0.4, -0.2) is 31.7 Å². The first-order chi connectivity index (χ1) is 8.43. The zero-order valence-corrected chi connectivity index (χ0v) is 17.6. The van der Waals surface area contributed by atoms with E-state index in [0.29, 0.717) is 6.61 Å². The van der Waals surface area contributed by atoms with Crippen molar-refractivity contribution in [3.63, 3.8) is 0 Å². The molecule has 0 unspecified atom stereocenters. The zero-order valence-electron chi connectivity index (χ0n) is 13.8. The summed E-state index contributed by atoms with van der Waals surface area (Å²) in [5.41, 5.74) is 1.09. The topological polar surface area (TPSA) is 22.1 Å². The van der Waals surface area contributed by atoms with Crippen molar-refractivity contribution in [2.45, 2.75) is 60.3 Å². The molecule has 1 aromatic rings. The van der Waals surface area contributed by atoms with Crippen LogP contribution < -0.4 is 3.71 Å². The third kappa shape index (κ3) is 4.87. The summed E-state index contributed by atoms with van der Waals surface area (Å²) in [7, 11) is -1.67. The quantitative estimate of drug-likeness (QED) is 0.726. The van der Waals surface area contributed by atoms with E-state index < -0.39 is 26.7 Å². The number of pyridine rings is 1. The summed E-state index contributed by atoms with van der Waals surface area (Å²) in [6, 6.07) is 6.41. The molecule has 1 rings (SSSR count). The summed E-state index contributed by atoms with van der Waals surface area (Å²) in [6.07, 6.45) is 0. The molecular weight excluding hydrogens is 357 g/mol. The van der Waals surface area contributed by atoms with Gasteiger partial charge in [0.15, 0.2) is 0 Å². The summed E-state index contributed by atoms with van der Waals surface area (Å²) in [5.74, 6) is 0. The van der Waals surface area contributed by atoms with Crippen LogP contribution in [0.4, 0.5) is 0 Å². The van der Waals surface area contributed by atoms with Crippen LogP contribution in [0.1, 0.15) is 26.5 Å². The van der Waals surface area contributed by atoms with E-state index in [1.807, 2.05) is 0 Å². The molecule has 0 amide bonds. The Kier molecular flexibility index (Phi) is 5.30. The van der Waals surface area contributed by atoms with Crippen LogP contribution in [0.2, 0.25) is 33.0 Å². The fourth-order valence-electron chi connectivity index (χ4n) is 1.45. The number of hydrogen-bond acceptors (Lipinski definition) is 2. The van der Waals surface area contributed by atoms with Crippen LogP contribution in [0.3, 0.4) is 0 Å². The Morgan fingerprint density at radius 1 is 1.16 bits per heavy atom. The SMILES string of the molecule is CC(C)(C)[Si](C)(C)OCc1ccc[c]([Sn]([CH3])([CH3])[CH3])n1. The third-order valence-corrected chi connectivity index (χ3v) is 13.6. The molecule has 0 atom stereocenters. The standard InChI is InChI=1S/C12H20NOSi.3CH3.Sn/c1-12(2,3)15(4,5)14-10-11-8-6-7-9-13-11;;;;/h6-8H,10H2,1-5H3;3*1H3;. The number of hydrogen-bond donors (Lipinski definition) is 0. The van der Waals surface area contributed by atoms with Gasteiger partial charge in [-0.2, -0.15) is 0 Å². The van der Waals surface area contributed by atoms with Crippen molar-refractivity contribution in [1.82, 2.24) is 4.98 Å². The Morgan fingerprint density at radius 2 is 1.74 bits per heavy atom. The Bertz CT molecular complexity index is 433. The predicted octanol–water partition coefficient (Wildman–Crippen LogP) is 4.15. The Labute approximate surface area is 124 Å². The molecular formula is C15H29NOSiSn. The molecule has 108 valence electrons. The van der Waals surface area contributed by atoms with E-state index in [4.69, 9.17) is 9.41 Å². The number of nitrogens with zero attached hydrogens (tertiary/aromatic N) is 1. The van der Waals surface area contributed by atoms with E-state index in [9.17, 15) is 0 Å². The monoisotopic (exact) mass is 387 g/mol. The molecule has 0 radical (unpaired) electrons. The predicted molar refractivity (Wildman–Crippen MR) is 89.2 cm³/mol. The molecule has 2 nitrogen and oxygen atoms in total. The van der Waals surface area contributed by atoms with Gasteiger partial charge in [-0.15, -0.1) is 0 Å². The molecule has 0 aliphatic carbocycles. The van der Waals surface area contributed by atoms with Gasteiger partial charge >= 0.3 is 124 Å². The molecule has 0 aliphatic rings. The van der Waals surface area contributed by atoms with Crippen LogP contribution >= 0.6 is 0 Å². The second-order valence-electron chi connectivity index (χ2n) is 7.81. The summed E-state index contributed by atoms with van der Waals surface area (Å²) < 4.78 is 7.59. The van der Waals surface area contributed by atoms with Gasteiger partial charge in [-0.25, -0.2) is 0 Å². The minimum atomic E-state index is -2.06. The summed E-state index contributed by atoms with van der Waals surface area (Å²) in [5, 5.41) is 0.258. The maximum atomic E-state index is 6.25. The normalized spacial score (nSPS) is 13.7. The minimum absolute atomic E-state index is 0.258. The van der Waals surface area contributed by atoms with Crippen molar-refractivity contribution < 1.29 is 4.43 Å². The molecule has 19 heavy (non-hydrogen) atoms. The third-order valence-electron chi connectivity index (χ3n) is 3.96. The van der Waals surface area contributed by atoms with Gasteiger partial charge in [-0.05, 0) is 0 Å². The maximum absolute atomic E-state index is 6.25. The average Bonchev–Trinajstić information content (AvgIpc) is 2.24. The molecule has 0 bridgehead atoms. The van der Waals surface area contributed by atoms with Crippen LogP contribution in [0.5, 0.6) is 0 Å². The second kappa shape index (κ2) is 5.86. The molecule has 0 fully saturated rings. The molecule has 0 spiro atoms. The van der Waals surface area contributed by atoms with Crippen molar-refractivity contribution in [2.75, 3.05) is 0 Å². The first-order valence-corrected chi connectivity index (χ1v) is 19.9. The van der Waals surface area contributed by atoms with E-state index in [-0.39, 0.29) is 5.04 Å². The fraction of sp³-hybridized carbons (Fsp3) is 0.667. The van der Waals surface area contributed by atoms with Crippen LogP contribution in [0, 0.1) is 0 Å². The van der Waals surface area contributed by atoms with E-state index in [0.717, 1.165) is 5.69 Å². The Morgan fingerprint density at radius 3 is 2.21 bits per heavy atom. The summed E-state index contributed by atoms with van der Waals surface area (Å²) >= 11 is -2.06. The summed E-state index contributed by atoms with van der Waals surface area (Å²) in [4.78, 5) is 12.0. The van der Waals surface area contributed by atoms with Crippen molar-refractivity contribution in [3.05, 3.63) is 23.9 Å². The molecule has 0 saturated carbocycles. The molecule has 0 N–H and O–H groups in total. The Balaban J connectivity index is 2.80. The molecule has 1 heterocycles. The molecule has 0 saturated heterocycles. The van der Waals surface area contributed by atoms with Crippen molar-refractivity contribution in [1.29, 1.82) is 0 Å². The van der Waals surface area contributed by atoms with Gasteiger partial charge in [-0.3, -0.25) is 0 Å². The fourth-order valence-corrected chi connectivity index (χ4v) is 5.46. The van der Waals surface area contributed by atoms with Crippen molar-refractivity contribution in [3.8, 4) is 0 Å². The Hall–Kier alpha value is 0.126. The van der Waals surface area contributed by atoms with E-state index in [1.165, 1.54) is 3.71 Å². The van der Waals surface area contributed by atoms with Crippen LogP contribution in [0.15, 0.2) is 18.2 Å². The van der Waals surface area contributed by atoms with Gasteiger partial charge in [0.1, 0.15) is 0 Å². The molecule has 4 heteroatoms. The van der Waals surface area contributed by atoms with Gasteiger partial charge in [0.2, 0.25) is 0 Å². The van der Waals surface area contributed by atoms with Crippen molar-refractivity contribution in [2.24, 2.45) is 0 Å². The second-order valence-corrected chi connectivity index (χ2v) is 26.9. The molecule has 0 aliphatic heterocycles. The van der Waals surface area contributed by atoms with Gasteiger partial charge in [0, 0.05) is 0 Å². The van der Waals surface area contributed by atoms with Crippen LogP contribution in [-0.2, 0) is 11.0 Å². The van der Waals surface area contributed by atoms with Gasteiger partial charge in [-0.1, -0.05) is 0 Å². The van der Waals surface area contributed by atoms with Crippen molar-refractivity contribution >= 4 is 30.4 Å². The molecule has 0 aromatic carbocycles. The molecule has 1 aromatic heterocycles. The van der Waals surface area contributed by atoms with Crippen LogP contribution in [0.25, 0.3) is 0 Å². The zero-order chi connectivity index (χ0) is 14.9. The summed E-state index contributed by atoms with van der Waals surface area (Å²) in [6.45, 7) is 12.1. The van der Waals surface area contributed by atoms with Gasteiger partial charge < -0.3 is 0 Å². The first-order valence-electron chi connectivity index (χ1n) is 7.04. The van der Waals surface area contributed by atoms with Gasteiger partial charge in [0.05, 0.1) is 0 Å². The van der Waals surface area contributed by atoms with E-state index >= 15 is 0 Å². The number of aromatic nitrogens is 1. The van der Waals surface area contributed by atoms with E-state index in [1.54, 1.807) is 0 Å².